The molecule has 1 fully saturated rings. The third kappa shape index (κ3) is 3.96. The molecular formula is C8H14BrF2NO2S. The molecule has 0 aromatic heterocycles. The summed E-state index contributed by atoms with van der Waals surface area (Å²) in [6.45, 7) is 0.0998. The van der Waals surface area contributed by atoms with E-state index in [1.807, 2.05) is 4.72 Å². The van der Waals surface area contributed by atoms with E-state index in [1.54, 1.807) is 0 Å². The van der Waals surface area contributed by atoms with Gasteiger partial charge in [-0.05, 0) is 18.8 Å². The predicted octanol–water partition coefficient (Wildman–Crippen LogP) is 2.08. The Morgan fingerprint density at radius 1 is 1.33 bits per heavy atom. The zero-order valence-electron chi connectivity index (χ0n) is 8.13. The predicted molar refractivity (Wildman–Crippen MR) is 57.6 cm³/mol. The van der Waals surface area contributed by atoms with Crippen molar-refractivity contribution in [3.8, 4) is 0 Å². The normalized spacial score (nSPS) is 28.3. The molecule has 7 heteroatoms. The molecule has 1 saturated carbocycles. The molecule has 0 radical (unpaired) electrons. The smallest absolute Gasteiger partial charge is 0.210 e. The largest absolute Gasteiger partial charge is 0.350 e. The SMILES string of the molecule is O=S(=O)(NCC1CCCCC1Br)C(F)F. The molecule has 0 aliphatic heterocycles. The Kier molecular flexibility index (Phi) is 4.92. The van der Waals surface area contributed by atoms with Gasteiger partial charge in [0.05, 0.1) is 0 Å². The van der Waals surface area contributed by atoms with Gasteiger partial charge in [0.15, 0.2) is 0 Å². The van der Waals surface area contributed by atoms with Crippen LogP contribution < -0.4 is 4.72 Å². The van der Waals surface area contributed by atoms with Gasteiger partial charge in [-0.2, -0.15) is 8.78 Å². The number of halogens is 3. The lowest BCUT2D eigenvalue weighted by atomic mass is 9.89. The van der Waals surface area contributed by atoms with Crippen LogP contribution in [0.5, 0.6) is 0 Å². The van der Waals surface area contributed by atoms with E-state index in [-0.39, 0.29) is 17.3 Å². The van der Waals surface area contributed by atoms with E-state index in [1.165, 1.54) is 0 Å². The molecule has 0 amide bonds. The van der Waals surface area contributed by atoms with Gasteiger partial charge >= 0.3 is 5.76 Å². The third-order valence-corrected chi connectivity index (χ3v) is 4.84. The summed E-state index contributed by atoms with van der Waals surface area (Å²) < 4.78 is 47.6. The average molecular weight is 306 g/mol. The van der Waals surface area contributed by atoms with Crippen molar-refractivity contribution in [1.29, 1.82) is 0 Å². The first-order valence-electron chi connectivity index (χ1n) is 4.84. The van der Waals surface area contributed by atoms with E-state index in [2.05, 4.69) is 15.9 Å². The van der Waals surface area contributed by atoms with Crippen LogP contribution in [0.25, 0.3) is 0 Å². The molecule has 2 unspecified atom stereocenters. The highest BCUT2D eigenvalue weighted by Gasteiger charge is 2.28. The van der Waals surface area contributed by atoms with Gasteiger partial charge in [0.2, 0.25) is 0 Å². The lowest BCUT2D eigenvalue weighted by molar-refractivity contribution is 0.231. The average Bonchev–Trinajstić information content (AvgIpc) is 2.16. The molecule has 1 N–H and O–H groups in total. The summed E-state index contributed by atoms with van der Waals surface area (Å²) in [5.74, 6) is -3.22. The van der Waals surface area contributed by atoms with Crippen molar-refractivity contribution < 1.29 is 17.2 Å². The summed E-state index contributed by atoms with van der Waals surface area (Å²) in [4.78, 5) is 0.228. The third-order valence-electron chi connectivity index (χ3n) is 2.60. The van der Waals surface area contributed by atoms with E-state index in [0.29, 0.717) is 0 Å². The van der Waals surface area contributed by atoms with Crippen LogP contribution in [0, 0.1) is 5.92 Å². The van der Waals surface area contributed by atoms with Crippen molar-refractivity contribution in [2.75, 3.05) is 6.54 Å². The van der Waals surface area contributed by atoms with Crippen LogP contribution in [0.1, 0.15) is 25.7 Å². The number of hydrogen-bond acceptors (Lipinski definition) is 2. The molecule has 0 bridgehead atoms. The van der Waals surface area contributed by atoms with Crippen LogP contribution in [0.3, 0.4) is 0 Å². The van der Waals surface area contributed by atoms with Gasteiger partial charge in [-0.1, -0.05) is 28.8 Å². The lowest BCUT2D eigenvalue weighted by Gasteiger charge is -2.27. The van der Waals surface area contributed by atoms with Gasteiger partial charge in [-0.3, -0.25) is 0 Å². The molecular weight excluding hydrogens is 292 g/mol. The minimum atomic E-state index is -4.43. The van der Waals surface area contributed by atoms with Gasteiger partial charge < -0.3 is 0 Å². The van der Waals surface area contributed by atoms with E-state index in [9.17, 15) is 17.2 Å². The first-order valence-corrected chi connectivity index (χ1v) is 7.30. The summed E-state index contributed by atoms with van der Waals surface area (Å²) >= 11 is 3.44. The fourth-order valence-electron chi connectivity index (χ4n) is 1.68. The van der Waals surface area contributed by atoms with Crippen molar-refractivity contribution in [2.45, 2.75) is 36.3 Å². The number of hydrogen-bond donors (Lipinski definition) is 1. The van der Waals surface area contributed by atoms with Crippen molar-refractivity contribution in [3.05, 3.63) is 0 Å². The molecule has 15 heavy (non-hydrogen) atoms. The maximum Gasteiger partial charge on any atom is 0.350 e. The Morgan fingerprint density at radius 3 is 2.47 bits per heavy atom. The number of alkyl halides is 3. The number of rotatable bonds is 4. The number of sulfonamides is 1. The Hall–Kier alpha value is 0.250. The standard InChI is InChI=1S/C8H14BrF2NO2S/c9-7-4-2-1-3-6(7)5-12-15(13,14)8(10)11/h6-8,12H,1-5H2. The minimum Gasteiger partial charge on any atom is -0.210 e. The van der Waals surface area contributed by atoms with Crippen molar-refractivity contribution in [3.63, 3.8) is 0 Å². The van der Waals surface area contributed by atoms with Crippen LogP contribution in [-0.2, 0) is 10.0 Å². The first-order chi connectivity index (χ1) is 6.93. The maximum absolute atomic E-state index is 12.0. The second-order valence-electron chi connectivity index (χ2n) is 3.71. The lowest BCUT2D eigenvalue weighted by Crippen LogP contribution is -2.37. The molecule has 0 heterocycles. The highest BCUT2D eigenvalue weighted by atomic mass is 79.9. The minimum absolute atomic E-state index is 0.0998. The highest BCUT2D eigenvalue weighted by molar-refractivity contribution is 9.09. The second kappa shape index (κ2) is 5.54. The molecule has 1 rings (SSSR count). The molecule has 90 valence electrons. The highest BCUT2D eigenvalue weighted by Crippen LogP contribution is 2.29. The van der Waals surface area contributed by atoms with Crippen molar-refractivity contribution >= 4 is 26.0 Å². The van der Waals surface area contributed by atoms with Crippen LogP contribution in [-0.4, -0.2) is 25.5 Å². The molecule has 1 aliphatic rings. The topological polar surface area (TPSA) is 46.2 Å². The summed E-state index contributed by atoms with van der Waals surface area (Å²) in [5, 5.41) is 0. The van der Waals surface area contributed by atoms with Crippen molar-refractivity contribution in [2.24, 2.45) is 5.92 Å². The zero-order chi connectivity index (χ0) is 11.5. The van der Waals surface area contributed by atoms with E-state index < -0.39 is 15.8 Å². The second-order valence-corrected chi connectivity index (χ2v) is 6.63. The van der Waals surface area contributed by atoms with Crippen LogP contribution in [0.15, 0.2) is 0 Å². The van der Waals surface area contributed by atoms with Gasteiger partial charge in [0, 0.05) is 11.4 Å². The molecule has 0 saturated heterocycles. The monoisotopic (exact) mass is 305 g/mol. The molecule has 0 spiro atoms. The molecule has 3 nitrogen and oxygen atoms in total. The quantitative estimate of drug-likeness (QED) is 0.808. The maximum atomic E-state index is 12.0. The fraction of sp³-hybridized carbons (Fsp3) is 1.00. The molecule has 0 aromatic rings. The van der Waals surface area contributed by atoms with Gasteiger partial charge in [-0.15, -0.1) is 0 Å². The van der Waals surface area contributed by atoms with E-state index >= 15 is 0 Å². The molecule has 2 atom stereocenters. The Balaban J connectivity index is 2.42. The van der Waals surface area contributed by atoms with Crippen LogP contribution in [0.4, 0.5) is 8.78 Å². The fourth-order valence-corrected chi connectivity index (χ4v) is 3.03. The van der Waals surface area contributed by atoms with E-state index in [4.69, 9.17) is 0 Å². The zero-order valence-corrected chi connectivity index (χ0v) is 10.5. The summed E-state index contributed by atoms with van der Waals surface area (Å²) in [6, 6.07) is 0. The van der Waals surface area contributed by atoms with Crippen LogP contribution >= 0.6 is 15.9 Å². The number of nitrogens with one attached hydrogen (secondary N) is 1. The summed E-state index contributed by atoms with van der Waals surface area (Å²) in [5.41, 5.74) is 0. The van der Waals surface area contributed by atoms with E-state index in [0.717, 1.165) is 25.7 Å². The summed E-state index contributed by atoms with van der Waals surface area (Å²) in [7, 11) is -4.43. The summed E-state index contributed by atoms with van der Waals surface area (Å²) in [6.07, 6.45) is 3.99. The molecule has 1 aliphatic carbocycles. The Labute approximate surface area is 96.8 Å². The van der Waals surface area contributed by atoms with Crippen molar-refractivity contribution in [1.82, 2.24) is 4.72 Å². The molecule has 0 aromatic carbocycles. The van der Waals surface area contributed by atoms with Crippen LogP contribution in [0.2, 0.25) is 0 Å². The van der Waals surface area contributed by atoms with Gasteiger partial charge in [0.25, 0.3) is 10.0 Å². The Morgan fingerprint density at radius 2 is 1.93 bits per heavy atom. The first kappa shape index (κ1) is 13.3. The van der Waals surface area contributed by atoms with Gasteiger partial charge in [0.1, 0.15) is 0 Å². The Bertz CT molecular complexity index is 297. The van der Waals surface area contributed by atoms with Gasteiger partial charge in [-0.25, -0.2) is 13.1 Å².